The van der Waals surface area contributed by atoms with E-state index in [0.29, 0.717) is 6.42 Å². The molecule has 0 amide bonds. The molecule has 94 valence electrons. The number of esters is 1. The molecule has 1 aromatic carbocycles. The lowest BCUT2D eigenvalue weighted by atomic mass is 9.98. The van der Waals surface area contributed by atoms with Crippen LogP contribution < -0.4 is 4.74 Å². The van der Waals surface area contributed by atoms with Crippen LogP contribution in [0, 0.1) is 13.8 Å². The molecule has 0 N–H and O–H groups in total. The molecule has 0 heterocycles. The molecule has 0 spiro atoms. The van der Waals surface area contributed by atoms with Crippen LogP contribution in [0.1, 0.15) is 29.5 Å². The van der Waals surface area contributed by atoms with Crippen molar-refractivity contribution in [2.45, 2.75) is 33.1 Å². The summed E-state index contributed by atoms with van der Waals surface area (Å²) < 4.78 is 9.89. The van der Waals surface area contributed by atoms with Gasteiger partial charge in [0.25, 0.3) is 0 Å². The van der Waals surface area contributed by atoms with Crippen molar-refractivity contribution in [2.75, 3.05) is 14.2 Å². The second-order valence-corrected chi connectivity index (χ2v) is 4.11. The predicted octanol–water partition coefficient (Wildman–Crippen LogP) is 2.81. The van der Waals surface area contributed by atoms with Gasteiger partial charge in [-0.05, 0) is 49.4 Å². The Bertz CT molecular complexity index is 397. The Morgan fingerprint density at radius 1 is 1.18 bits per heavy atom. The van der Waals surface area contributed by atoms with Gasteiger partial charge in [-0.15, -0.1) is 0 Å². The summed E-state index contributed by atoms with van der Waals surface area (Å²) in [7, 11) is 3.10. The van der Waals surface area contributed by atoms with E-state index in [4.69, 9.17) is 4.74 Å². The number of rotatable bonds is 5. The minimum atomic E-state index is -0.145. The molecule has 0 atom stereocenters. The Kier molecular flexibility index (Phi) is 5.01. The number of benzene rings is 1. The maximum atomic E-state index is 11.0. The molecule has 17 heavy (non-hydrogen) atoms. The van der Waals surface area contributed by atoms with Crippen molar-refractivity contribution in [3.63, 3.8) is 0 Å². The van der Waals surface area contributed by atoms with Crippen LogP contribution in [0.4, 0.5) is 0 Å². The minimum Gasteiger partial charge on any atom is -0.496 e. The average molecular weight is 236 g/mol. The highest BCUT2D eigenvalue weighted by molar-refractivity contribution is 5.69. The van der Waals surface area contributed by atoms with Gasteiger partial charge in [0.15, 0.2) is 0 Å². The fourth-order valence-electron chi connectivity index (χ4n) is 1.87. The van der Waals surface area contributed by atoms with E-state index in [1.807, 2.05) is 6.07 Å². The summed E-state index contributed by atoms with van der Waals surface area (Å²) in [6.07, 6.45) is 2.19. The highest BCUT2D eigenvalue weighted by Gasteiger charge is 2.07. The monoisotopic (exact) mass is 236 g/mol. The number of carbonyl (C=O) groups is 1. The van der Waals surface area contributed by atoms with Gasteiger partial charge in [0, 0.05) is 6.42 Å². The third kappa shape index (κ3) is 3.48. The van der Waals surface area contributed by atoms with Crippen LogP contribution in [-0.4, -0.2) is 20.2 Å². The molecule has 0 fully saturated rings. The van der Waals surface area contributed by atoms with E-state index in [1.165, 1.54) is 23.8 Å². The zero-order chi connectivity index (χ0) is 12.8. The van der Waals surface area contributed by atoms with Gasteiger partial charge in [-0.3, -0.25) is 4.79 Å². The summed E-state index contributed by atoms with van der Waals surface area (Å²) in [4.78, 5) is 11.0. The highest BCUT2D eigenvalue weighted by Crippen LogP contribution is 2.24. The maximum absolute atomic E-state index is 11.0. The van der Waals surface area contributed by atoms with Gasteiger partial charge in [-0.2, -0.15) is 0 Å². The van der Waals surface area contributed by atoms with Gasteiger partial charge in [0.05, 0.1) is 14.2 Å². The second kappa shape index (κ2) is 6.28. The number of methoxy groups -OCH3 is 2. The van der Waals surface area contributed by atoms with E-state index in [2.05, 4.69) is 24.7 Å². The predicted molar refractivity (Wildman–Crippen MR) is 67.4 cm³/mol. The molecule has 0 aliphatic rings. The molecular weight excluding hydrogens is 216 g/mol. The van der Waals surface area contributed by atoms with Crippen molar-refractivity contribution in [2.24, 2.45) is 0 Å². The molecule has 0 aromatic heterocycles. The fourth-order valence-corrected chi connectivity index (χ4v) is 1.87. The number of carbonyl (C=O) groups excluding carboxylic acids is 1. The Balaban J connectivity index is 2.66. The first-order valence-corrected chi connectivity index (χ1v) is 5.80. The van der Waals surface area contributed by atoms with Crippen molar-refractivity contribution < 1.29 is 14.3 Å². The van der Waals surface area contributed by atoms with Crippen LogP contribution in [0.15, 0.2) is 12.1 Å². The van der Waals surface area contributed by atoms with Crippen LogP contribution in [-0.2, 0) is 16.0 Å². The molecule has 0 saturated heterocycles. The molecule has 1 rings (SSSR count). The molecule has 0 saturated carbocycles. The van der Waals surface area contributed by atoms with Gasteiger partial charge >= 0.3 is 5.97 Å². The van der Waals surface area contributed by atoms with E-state index in [0.717, 1.165) is 18.6 Å². The molecule has 0 radical (unpaired) electrons. The van der Waals surface area contributed by atoms with Crippen molar-refractivity contribution in [1.82, 2.24) is 0 Å². The Morgan fingerprint density at radius 2 is 1.88 bits per heavy atom. The average Bonchev–Trinajstić information content (AvgIpc) is 2.34. The van der Waals surface area contributed by atoms with E-state index in [-0.39, 0.29) is 5.97 Å². The third-order valence-corrected chi connectivity index (χ3v) is 3.12. The number of ether oxygens (including phenoxy) is 2. The zero-order valence-electron chi connectivity index (χ0n) is 11.0. The molecule has 0 aliphatic carbocycles. The summed E-state index contributed by atoms with van der Waals surface area (Å²) in [5.41, 5.74) is 3.68. The number of hydrogen-bond donors (Lipinski definition) is 0. The smallest absolute Gasteiger partial charge is 0.305 e. The lowest BCUT2D eigenvalue weighted by molar-refractivity contribution is -0.140. The van der Waals surface area contributed by atoms with E-state index in [9.17, 15) is 4.79 Å². The molecule has 3 nitrogen and oxygen atoms in total. The van der Waals surface area contributed by atoms with Gasteiger partial charge in [-0.25, -0.2) is 0 Å². The number of aryl methyl sites for hydroxylation is 1. The molecule has 0 bridgehead atoms. The van der Waals surface area contributed by atoms with Crippen molar-refractivity contribution in [3.8, 4) is 5.75 Å². The maximum Gasteiger partial charge on any atom is 0.305 e. The Labute approximate surface area is 103 Å². The largest absolute Gasteiger partial charge is 0.496 e. The van der Waals surface area contributed by atoms with Gasteiger partial charge in [0.1, 0.15) is 5.75 Å². The molecule has 0 aliphatic heterocycles. The lowest BCUT2D eigenvalue weighted by Gasteiger charge is -2.12. The van der Waals surface area contributed by atoms with E-state index >= 15 is 0 Å². The topological polar surface area (TPSA) is 35.5 Å². The quantitative estimate of drug-likeness (QED) is 0.737. The van der Waals surface area contributed by atoms with Gasteiger partial charge in [-0.1, -0.05) is 6.07 Å². The molecule has 1 aromatic rings. The lowest BCUT2D eigenvalue weighted by Crippen LogP contribution is -2.02. The summed E-state index contributed by atoms with van der Waals surface area (Å²) in [5, 5.41) is 0. The first-order chi connectivity index (χ1) is 8.10. The van der Waals surface area contributed by atoms with Crippen molar-refractivity contribution in [1.29, 1.82) is 0 Å². The highest BCUT2D eigenvalue weighted by atomic mass is 16.5. The first kappa shape index (κ1) is 13.6. The summed E-state index contributed by atoms with van der Waals surface area (Å²) >= 11 is 0. The van der Waals surface area contributed by atoms with Crippen LogP contribution in [0.5, 0.6) is 5.75 Å². The van der Waals surface area contributed by atoms with E-state index in [1.54, 1.807) is 7.11 Å². The molecular formula is C14H20O3. The molecule has 3 heteroatoms. The van der Waals surface area contributed by atoms with Crippen LogP contribution in [0.25, 0.3) is 0 Å². The Hall–Kier alpha value is -1.51. The minimum absolute atomic E-state index is 0.145. The Morgan fingerprint density at radius 3 is 2.47 bits per heavy atom. The van der Waals surface area contributed by atoms with Crippen molar-refractivity contribution in [3.05, 3.63) is 28.8 Å². The van der Waals surface area contributed by atoms with Crippen LogP contribution >= 0.6 is 0 Å². The van der Waals surface area contributed by atoms with Gasteiger partial charge < -0.3 is 9.47 Å². The third-order valence-electron chi connectivity index (χ3n) is 3.12. The van der Waals surface area contributed by atoms with Crippen LogP contribution in [0.3, 0.4) is 0 Å². The van der Waals surface area contributed by atoms with Crippen LogP contribution in [0.2, 0.25) is 0 Å². The fraction of sp³-hybridized carbons (Fsp3) is 0.500. The normalized spacial score (nSPS) is 10.1. The first-order valence-electron chi connectivity index (χ1n) is 5.80. The van der Waals surface area contributed by atoms with Crippen molar-refractivity contribution >= 4 is 5.97 Å². The molecule has 0 unspecified atom stereocenters. The number of hydrogen-bond acceptors (Lipinski definition) is 3. The van der Waals surface area contributed by atoms with E-state index < -0.39 is 0 Å². The standard InChI is InChI=1S/C14H20O3/c1-10-11(2)13(16-3)9-8-12(10)6-5-7-14(15)17-4/h8-9H,5-7H2,1-4H3. The summed E-state index contributed by atoms with van der Waals surface area (Å²) in [5.74, 6) is 0.770. The summed E-state index contributed by atoms with van der Waals surface area (Å²) in [6.45, 7) is 4.14. The summed E-state index contributed by atoms with van der Waals surface area (Å²) in [6, 6.07) is 4.05. The zero-order valence-corrected chi connectivity index (χ0v) is 11.0. The second-order valence-electron chi connectivity index (χ2n) is 4.11. The SMILES string of the molecule is COC(=O)CCCc1ccc(OC)c(C)c1C. The van der Waals surface area contributed by atoms with Gasteiger partial charge in [0.2, 0.25) is 0 Å².